The quantitative estimate of drug-likeness (QED) is 0.127. The number of nitrogens with zero attached hydrogens (tertiary/aromatic N) is 1. The maximum Gasteiger partial charge on any atom is 0.159 e. The number of thiophene rings is 1. The van der Waals surface area contributed by atoms with Gasteiger partial charge in [0.05, 0.1) is 11.4 Å². The number of hydrogen-bond donors (Lipinski definition) is 0. The van der Waals surface area contributed by atoms with E-state index in [0.29, 0.717) is 5.92 Å². The summed E-state index contributed by atoms with van der Waals surface area (Å²) in [5.74, 6) is 0.424. The molecule has 0 aliphatic heterocycles. The molecule has 3 heteroatoms. The fourth-order valence-electron chi connectivity index (χ4n) is 10.3. The van der Waals surface area contributed by atoms with Crippen LogP contribution in [0.15, 0.2) is 199 Å². The molecule has 0 atom stereocenters. The highest BCUT2D eigenvalue weighted by molar-refractivity contribution is 7.25. The minimum Gasteiger partial charge on any atom is -0.454 e. The number of furan rings is 1. The van der Waals surface area contributed by atoms with E-state index in [0.717, 1.165) is 39.0 Å². The van der Waals surface area contributed by atoms with Gasteiger partial charge in [0.15, 0.2) is 5.58 Å². The molecule has 13 rings (SSSR count). The average molecular weight is 810 g/mol. The van der Waals surface area contributed by atoms with Gasteiger partial charge >= 0.3 is 0 Å². The Balaban J connectivity index is 1.09. The number of anilines is 3. The summed E-state index contributed by atoms with van der Waals surface area (Å²) in [6.45, 7) is 4.51. The second-order valence-electron chi connectivity index (χ2n) is 16.9. The molecular weight excluding hydrogens is 771 g/mol. The first kappa shape index (κ1) is 35.3. The Morgan fingerprint density at radius 1 is 0.403 bits per heavy atom. The summed E-state index contributed by atoms with van der Waals surface area (Å²) in [7, 11) is 0. The van der Waals surface area contributed by atoms with Crippen LogP contribution in [-0.4, -0.2) is 0 Å². The SMILES string of the molecule is CC(C)c1ccc(N(c2c3ccccc3c(-c3ccc4sc5cc6c7ccccc7c7ccccc7c6cc5c4c3)c3ccccc23)c2cccc3c2oc2ccccc23)cc1. The number of benzene rings is 11. The van der Waals surface area contributed by atoms with Gasteiger partial charge in [-0.2, -0.15) is 0 Å². The molecular formula is C59H39NOS. The zero-order chi connectivity index (χ0) is 41.1. The summed E-state index contributed by atoms with van der Waals surface area (Å²) >= 11 is 1.89. The summed E-state index contributed by atoms with van der Waals surface area (Å²) in [6, 6.07) is 71.8. The van der Waals surface area contributed by atoms with Gasteiger partial charge < -0.3 is 9.32 Å². The van der Waals surface area contributed by atoms with E-state index in [9.17, 15) is 0 Å². The van der Waals surface area contributed by atoms with E-state index in [2.05, 4.69) is 213 Å². The molecule has 0 spiro atoms. The monoisotopic (exact) mass is 809 g/mol. The molecule has 0 radical (unpaired) electrons. The lowest BCUT2D eigenvalue weighted by molar-refractivity contribution is 0.669. The summed E-state index contributed by atoms with van der Waals surface area (Å²) < 4.78 is 9.40. The van der Waals surface area contributed by atoms with Crippen molar-refractivity contribution in [3.8, 4) is 11.1 Å². The van der Waals surface area contributed by atoms with Gasteiger partial charge in [0.2, 0.25) is 0 Å². The molecule has 2 heterocycles. The van der Waals surface area contributed by atoms with Crippen molar-refractivity contribution in [3.63, 3.8) is 0 Å². The Hall–Kier alpha value is -7.46. The van der Waals surface area contributed by atoms with Crippen molar-refractivity contribution >= 4 is 124 Å². The van der Waals surface area contributed by atoms with Crippen LogP contribution in [-0.2, 0) is 0 Å². The van der Waals surface area contributed by atoms with Crippen molar-refractivity contribution in [2.45, 2.75) is 19.8 Å². The second-order valence-corrected chi connectivity index (χ2v) is 18.0. The van der Waals surface area contributed by atoms with Crippen LogP contribution >= 0.6 is 11.3 Å². The predicted octanol–water partition coefficient (Wildman–Crippen LogP) is 18.0. The lowest BCUT2D eigenvalue weighted by atomic mass is 9.89. The van der Waals surface area contributed by atoms with Crippen molar-refractivity contribution in [1.29, 1.82) is 0 Å². The predicted molar refractivity (Wildman–Crippen MR) is 268 cm³/mol. The molecule has 0 aliphatic rings. The first-order valence-electron chi connectivity index (χ1n) is 21.5. The minimum atomic E-state index is 0.424. The van der Waals surface area contributed by atoms with Gasteiger partial charge in [-0.1, -0.05) is 159 Å². The van der Waals surface area contributed by atoms with Gasteiger partial charge in [0, 0.05) is 47.4 Å². The Kier molecular flexibility index (Phi) is 7.70. The fraction of sp³-hybridized carbons (Fsp3) is 0.0508. The Bertz CT molecular complexity index is 3910. The van der Waals surface area contributed by atoms with E-state index in [4.69, 9.17) is 4.42 Å². The number of hydrogen-bond acceptors (Lipinski definition) is 3. The fourth-order valence-corrected chi connectivity index (χ4v) is 11.4. The van der Waals surface area contributed by atoms with Crippen molar-refractivity contribution in [2.75, 3.05) is 4.90 Å². The third-order valence-corrected chi connectivity index (χ3v) is 14.3. The van der Waals surface area contributed by atoms with Gasteiger partial charge in [-0.15, -0.1) is 11.3 Å². The van der Waals surface area contributed by atoms with Crippen LogP contribution < -0.4 is 4.90 Å². The zero-order valence-corrected chi connectivity index (χ0v) is 35.1. The molecule has 0 unspecified atom stereocenters. The maximum atomic E-state index is 6.79. The van der Waals surface area contributed by atoms with Crippen LogP contribution in [0, 0.1) is 0 Å². The second kappa shape index (κ2) is 13.5. The van der Waals surface area contributed by atoms with Crippen LogP contribution in [0.1, 0.15) is 25.3 Å². The lowest BCUT2D eigenvalue weighted by Gasteiger charge is -2.29. The minimum absolute atomic E-state index is 0.424. The molecule has 11 aromatic carbocycles. The first-order chi connectivity index (χ1) is 30.6. The van der Waals surface area contributed by atoms with Crippen molar-refractivity contribution < 1.29 is 4.42 Å². The number of rotatable bonds is 5. The normalized spacial score (nSPS) is 12.2. The van der Waals surface area contributed by atoms with Crippen molar-refractivity contribution in [2.24, 2.45) is 0 Å². The molecule has 0 saturated heterocycles. The van der Waals surface area contributed by atoms with Crippen LogP contribution in [0.2, 0.25) is 0 Å². The van der Waals surface area contributed by atoms with E-state index in [1.807, 2.05) is 11.3 Å². The molecule has 2 aromatic heterocycles. The molecule has 0 N–H and O–H groups in total. The highest BCUT2D eigenvalue weighted by Crippen LogP contribution is 2.51. The summed E-state index contributed by atoms with van der Waals surface area (Å²) in [6.07, 6.45) is 0. The molecule has 13 aromatic rings. The van der Waals surface area contributed by atoms with Gasteiger partial charge in [-0.3, -0.25) is 0 Å². The van der Waals surface area contributed by atoms with E-state index >= 15 is 0 Å². The molecule has 62 heavy (non-hydrogen) atoms. The third-order valence-electron chi connectivity index (χ3n) is 13.2. The third kappa shape index (κ3) is 5.16. The molecule has 292 valence electrons. The zero-order valence-electron chi connectivity index (χ0n) is 34.3. The number of fused-ring (bicyclic) bond motifs is 14. The van der Waals surface area contributed by atoms with Crippen LogP contribution in [0.4, 0.5) is 17.1 Å². The van der Waals surface area contributed by atoms with Crippen LogP contribution in [0.5, 0.6) is 0 Å². The lowest BCUT2D eigenvalue weighted by Crippen LogP contribution is -2.12. The molecule has 0 saturated carbocycles. The largest absolute Gasteiger partial charge is 0.454 e. The van der Waals surface area contributed by atoms with Gasteiger partial charge in [0.1, 0.15) is 5.58 Å². The topological polar surface area (TPSA) is 16.4 Å². The summed E-state index contributed by atoms with van der Waals surface area (Å²) in [5, 5.41) is 17.4. The van der Waals surface area contributed by atoms with Gasteiger partial charge in [0.25, 0.3) is 0 Å². The highest BCUT2D eigenvalue weighted by atomic mass is 32.1. The average Bonchev–Trinajstić information content (AvgIpc) is 3.89. The standard InChI is InChI=1S/C59H39NOS/c1-35(2)36-26-29-38(30-27-36)60(53-24-13-23-48-43-18-11-12-25-54(43)61-59(48)53)58-46-21-9-7-19-44(46)57(45-20-8-10-22-47(45)58)37-28-31-55-51(32-37)52-33-49-41-16-5-3-14-39(41)40-15-4-6-17-42(40)50(49)34-56(52)62-55/h3-35H,1-2H3. The van der Waals surface area contributed by atoms with E-state index < -0.39 is 0 Å². The van der Waals surface area contributed by atoms with Crippen molar-refractivity contribution in [3.05, 3.63) is 200 Å². The van der Waals surface area contributed by atoms with Gasteiger partial charge in [-0.05, 0) is 114 Å². The molecule has 2 nitrogen and oxygen atoms in total. The molecule has 0 aliphatic carbocycles. The van der Waals surface area contributed by atoms with Crippen molar-refractivity contribution in [1.82, 2.24) is 0 Å². The Morgan fingerprint density at radius 3 is 1.58 bits per heavy atom. The Morgan fingerprint density at radius 2 is 0.935 bits per heavy atom. The molecule has 0 fully saturated rings. The van der Waals surface area contributed by atoms with E-state index in [1.54, 1.807) is 0 Å². The highest BCUT2D eigenvalue weighted by Gasteiger charge is 2.25. The summed E-state index contributed by atoms with van der Waals surface area (Å²) in [5.41, 5.74) is 8.77. The molecule has 0 bridgehead atoms. The smallest absolute Gasteiger partial charge is 0.159 e. The first-order valence-corrected chi connectivity index (χ1v) is 22.3. The van der Waals surface area contributed by atoms with E-state index in [1.165, 1.54) is 90.7 Å². The maximum absolute atomic E-state index is 6.79. The van der Waals surface area contributed by atoms with Gasteiger partial charge in [-0.25, -0.2) is 0 Å². The summed E-state index contributed by atoms with van der Waals surface area (Å²) in [4.78, 5) is 2.44. The molecule has 0 amide bonds. The Labute approximate surface area is 362 Å². The van der Waals surface area contributed by atoms with Crippen LogP contribution in [0.3, 0.4) is 0 Å². The van der Waals surface area contributed by atoms with E-state index in [-0.39, 0.29) is 0 Å². The number of para-hydroxylation sites is 2. The van der Waals surface area contributed by atoms with Crippen LogP contribution in [0.25, 0.3) is 107 Å².